The molecule has 0 radical (unpaired) electrons. The third-order valence-corrected chi connectivity index (χ3v) is 2.96. The first-order valence-electron chi connectivity index (χ1n) is 5.72. The zero-order valence-electron chi connectivity index (χ0n) is 10.7. The van der Waals surface area contributed by atoms with Gasteiger partial charge in [0.05, 0.1) is 0 Å². The molecule has 1 aromatic carbocycles. The molecule has 17 heavy (non-hydrogen) atoms. The SMILES string of the molecule is CNc1cc(C)nc(-c2cccc(C)c2C)n1. The molecule has 3 nitrogen and oxygen atoms in total. The first-order valence-corrected chi connectivity index (χ1v) is 5.72. The highest BCUT2D eigenvalue weighted by molar-refractivity contribution is 5.63. The summed E-state index contributed by atoms with van der Waals surface area (Å²) in [5, 5.41) is 3.06. The zero-order chi connectivity index (χ0) is 12.4. The topological polar surface area (TPSA) is 37.8 Å². The van der Waals surface area contributed by atoms with E-state index in [1.807, 2.05) is 26.1 Å². The van der Waals surface area contributed by atoms with E-state index in [9.17, 15) is 0 Å². The second-order valence-corrected chi connectivity index (χ2v) is 4.22. The van der Waals surface area contributed by atoms with Crippen LogP contribution in [0.25, 0.3) is 11.4 Å². The third kappa shape index (κ3) is 2.28. The molecular formula is C14H17N3. The van der Waals surface area contributed by atoms with Crippen molar-refractivity contribution in [3.8, 4) is 11.4 Å². The Bertz CT molecular complexity index is 547. The van der Waals surface area contributed by atoms with Crippen molar-refractivity contribution in [1.82, 2.24) is 9.97 Å². The van der Waals surface area contributed by atoms with Crippen LogP contribution in [-0.4, -0.2) is 17.0 Å². The molecule has 0 aliphatic heterocycles. The minimum absolute atomic E-state index is 0.788. The zero-order valence-corrected chi connectivity index (χ0v) is 10.7. The highest BCUT2D eigenvalue weighted by Crippen LogP contribution is 2.23. The lowest BCUT2D eigenvalue weighted by Crippen LogP contribution is -2.00. The summed E-state index contributed by atoms with van der Waals surface area (Å²) in [6, 6.07) is 8.15. The number of rotatable bonds is 2. The Morgan fingerprint density at radius 2 is 1.82 bits per heavy atom. The van der Waals surface area contributed by atoms with Crippen LogP contribution in [0.1, 0.15) is 16.8 Å². The van der Waals surface area contributed by atoms with Crippen molar-refractivity contribution < 1.29 is 0 Å². The smallest absolute Gasteiger partial charge is 0.162 e. The molecule has 0 fully saturated rings. The maximum atomic E-state index is 4.50. The van der Waals surface area contributed by atoms with Crippen molar-refractivity contribution >= 4 is 5.82 Å². The molecule has 3 heteroatoms. The summed E-state index contributed by atoms with van der Waals surface area (Å²) in [6.45, 7) is 6.19. The number of hydrogen-bond acceptors (Lipinski definition) is 3. The normalized spacial score (nSPS) is 10.4. The minimum atomic E-state index is 0.788. The van der Waals surface area contributed by atoms with E-state index in [0.717, 1.165) is 22.9 Å². The Labute approximate surface area is 102 Å². The molecule has 0 aliphatic carbocycles. The quantitative estimate of drug-likeness (QED) is 0.856. The number of aryl methyl sites for hydroxylation is 2. The van der Waals surface area contributed by atoms with Gasteiger partial charge in [-0.2, -0.15) is 0 Å². The van der Waals surface area contributed by atoms with E-state index in [2.05, 4.69) is 41.3 Å². The van der Waals surface area contributed by atoms with E-state index in [-0.39, 0.29) is 0 Å². The largest absolute Gasteiger partial charge is 0.373 e. The van der Waals surface area contributed by atoms with Crippen molar-refractivity contribution in [1.29, 1.82) is 0 Å². The van der Waals surface area contributed by atoms with Gasteiger partial charge in [-0.25, -0.2) is 9.97 Å². The van der Waals surface area contributed by atoms with Gasteiger partial charge in [0.25, 0.3) is 0 Å². The molecular weight excluding hydrogens is 210 g/mol. The predicted octanol–water partition coefficient (Wildman–Crippen LogP) is 3.11. The van der Waals surface area contributed by atoms with E-state index < -0.39 is 0 Å². The van der Waals surface area contributed by atoms with E-state index in [1.165, 1.54) is 11.1 Å². The molecule has 0 atom stereocenters. The lowest BCUT2D eigenvalue weighted by molar-refractivity contribution is 1.10. The molecule has 88 valence electrons. The van der Waals surface area contributed by atoms with Crippen molar-refractivity contribution in [2.75, 3.05) is 12.4 Å². The first kappa shape index (κ1) is 11.6. The maximum Gasteiger partial charge on any atom is 0.162 e. The van der Waals surface area contributed by atoms with Gasteiger partial charge in [-0.15, -0.1) is 0 Å². The fourth-order valence-electron chi connectivity index (χ4n) is 1.81. The molecule has 2 aromatic rings. The summed E-state index contributed by atoms with van der Waals surface area (Å²) < 4.78 is 0. The molecule has 1 heterocycles. The van der Waals surface area contributed by atoms with Crippen LogP contribution in [0.3, 0.4) is 0 Å². The Morgan fingerprint density at radius 3 is 2.53 bits per heavy atom. The highest BCUT2D eigenvalue weighted by Gasteiger charge is 2.08. The van der Waals surface area contributed by atoms with Crippen LogP contribution in [0.15, 0.2) is 24.3 Å². The molecule has 0 amide bonds. The fourth-order valence-corrected chi connectivity index (χ4v) is 1.81. The molecule has 1 N–H and O–H groups in total. The second kappa shape index (κ2) is 4.53. The number of nitrogens with zero attached hydrogens (tertiary/aromatic N) is 2. The monoisotopic (exact) mass is 227 g/mol. The van der Waals surface area contributed by atoms with Crippen LogP contribution in [0.5, 0.6) is 0 Å². The van der Waals surface area contributed by atoms with Crippen LogP contribution < -0.4 is 5.32 Å². The van der Waals surface area contributed by atoms with Gasteiger partial charge in [0.1, 0.15) is 5.82 Å². The Morgan fingerprint density at radius 1 is 1.06 bits per heavy atom. The lowest BCUT2D eigenvalue weighted by atomic mass is 10.0. The lowest BCUT2D eigenvalue weighted by Gasteiger charge is -2.09. The molecule has 0 saturated heterocycles. The summed E-state index contributed by atoms with van der Waals surface area (Å²) in [7, 11) is 1.87. The molecule has 0 bridgehead atoms. The van der Waals surface area contributed by atoms with Gasteiger partial charge in [0.15, 0.2) is 5.82 Å². The number of anilines is 1. The predicted molar refractivity (Wildman–Crippen MR) is 71.2 cm³/mol. The van der Waals surface area contributed by atoms with Crippen LogP contribution >= 0.6 is 0 Å². The van der Waals surface area contributed by atoms with Crippen molar-refractivity contribution in [2.45, 2.75) is 20.8 Å². The van der Waals surface area contributed by atoms with Gasteiger partial charge in [-0.05, 0) is 31.9 Å². The van der Waals surface area contributed by atoms with Crippen molar-refractivity contribution in [3.63, 3.8) is 0 Å². The van der Waals surface area contributed by atoms with Crippen molar-refractivity contribution in [2.24, 2.45) is 0 Å². The van der Waals surface area contributed by atoms with Gasteiger partial charge >= 0.3 is 0 Å². The summed E-state index contributed by atoms with van der Waals surface area (Å²) in [6.07, 6.45) is 0. The second-order valence-electron chi connectivity index (χ2n) is 4.22. The van der Waals surface area contributed by atoms with Gasteiger partial charge in [-0.3, -0.25) is 0 Å². The molecule has 0 spiro atoms. The highest BCUT2D eigenvalue weighted by atomic mass is 15.0. The fraction of sp³-hybridized carbons (Fsp3) is 0.286. The summed E-state index contributed by atoms with van der Waals surface area (Å²) >= 11 is 0. The average molecular weight is 227 g/mol. The van der Waals surface area contributed by atoms with Crippen LogP contribution in [0.4, 0.5) is 5.82 Å². The standard InChI is InChI=1S/C14H17N3/c1-9-6-5-7-12(11(9)3)14-16-10(2)8-13(15-4)17-14/h5-8H,1-4H3,(H,15,16,17). The third-order valence-electron chi connectivity index (χ3n) is 2.96. The summed E-state index contributed by atoms with van der Waals surface area (Å²) in [5.41, 5.74) is 4.57. The molecule has 1 aromatic heterocycles. The first-order chi connectivity index (χ1) is 8.11. The van der Waals surface area contributed by atoms with Gasteiger partial charge in [-0.1, -0.05) is 18.2 Å². The van der Waals surface area contributed by atoms with Crippen LogP contribution in [-0.2, 0) is 0 Å². The van der Waals surface area contributed by atoms with E-state index >= 15 is 0 Å². The Kier molecular flexibility index (Phi) is 3.09. The van der Waals surface area contributed by atoms with Crippen LogP contribution in [0.2, 0.25) is 0 Å². The number of hydrogen-bond donors (Lipinski definition) is 1. The molecule has 0 saturated carbocycles. The van der Waals surface area contributed by atoms with E-state index in [4.69, 9.17) is 0 Å². The molecule has 0 unspecified atom stereocenters. The number of nitrogens with one attached hydrogen (secondary N) is 1. The van der Waals surface area contributed by atoms with Gasteiger partial charge < -0.3 is 5.32 Å². The molecule has 2 rings (SSSR count). The van der Waals surface area contributed by atoms with Gasteiger partial charge in [0, 0.05) is 24.4 Å². The van der Waals surface area contributed by atoms with E-state index in [1.54, 1.807) is 0 Å². The Balaban J connectivity index is 2.60. The Hall–Kier alpha value is -1.90. The average Bonchev–Trinajstić information content (AvgIpc) is 2.31. The number of aromatic nitrogens is 2. The summed E-state index contributed by atoms with van der Waals surface area (Å²) in [5.74, 6) is 1.64. The number of benzene rings is 1. The maximum absolute atomic E-state index is 4.50. The van der Waals surface area contributed by atoms with Crippen LogP contribution in [0, 0.1) is 20.8 Å². The van der Waals surface area contributed by atoms with E-state index in [0.29, 0.717) is 0 Å². The van der Waals surface area contributed by atoms with Crippen molar-refractivity contribution in [3.05, 3.63) is 41.1 Å². The minimum Gasteiger partial charge on any atom is -0.373 e. The summed E-state index contributed by atoms with van der Waals surface area (Å²) in [4.78, 5) is 9.00. The molecule has 0 aliphatic rings. The van der Waals surface area contributed by atoms with Gasteiger partial charge in [0.2, 0.25) is 0 Å².